The Morgan fingerprint density at radius 1 is 1.18 bits per heavy atom. The lowest BCUT2D eigenvalue weighted by molar-refractivity contribution is -0.385. The van der Waals surface area contributed by atoms with Crippen molar-refractivity contribution in [1.82, 2.24) is 0 Å². The molecule has 2 rings (SSSR count). The highest BCUT2D eigenvalue weighted by Gasteiger charge is 2.35. The number of halogens is 1. The maximum Gasteiger partial charge on any atom is 0.270 e. The van der Waals surface area contributed by atoms with E-state index in [4.69, 9.17) is 21.1 Å². The van der Waals surface area contributed by atoms with Gasteiger partial charge in [-0.15, -0.1) is 0 Å². The highest BCUT2D eigenvalue weighted by molar-refractivity contribution is 7.93. The van der Waals surface area contributed by atoms with Crippen molar-refractivity contribution in [3.63, 3.8) is 0 Å². The topological polar surface area (TPSA) is 116 Å². The van der Waals surface area contributed by atoms with Gasteiger partial charge in [0.25, 0.3) is 15.7 Å². The summed E-state index contributed by atoms with van der Waals surface area (Å²) in [6.07, 6.45) is 0. The third-order valence-corrected chi connectivity index (χ3v) is 6.09. The minimum Gasteiger partial charge on any atom is -0.497 e. The number of hydrogen-bond donors (Lipinski definition) is 0. The van der Waals surface area contributed by atoms with Crippen LogP contribution < -0.4 is 13.8 Å². The first-order valence-corrected chi connectivity index (χ1v) is 9.65. The van der Waals surface area contributed by atoms with Crippen LogP contribution in [0.15, 0.2) is 47.4 Å². The molecule has 0 aliphatic carbocycles. The molecule has 28 heavy (non-hydrogen) atoms. The number of hydrogen-bond acceptors (Lipinski definition) is 7. The van der Waals surface area contributed by atoms with Gasteiger partial charge in [-0.2, -0.15) is 0 Å². The van der Waals surface area contributed by atoms with Gasteiger partial charge >= 0.3 is 0 Å². The molecule has 150 valence electrons. The maximum absolute atomic E-state index is 13.3. The molecule has 0 bridgehead atoms. The number of non-ortho nitro benzene ring substituents is 1. The van der Waals surface area contributed by atoms with E-state index in [1.807, 2.05) is 0 Å². The van der Waals surface area contributed by atoms with Crippen LogP contribution in [0.1, 0.15) is 6.92 Å². The number of benzene rings is 2. The van der Waals surface area contributed by atoms with Gasteiger partial charge in [0.15, 0.2) is 0 Å². The zero-order valence-corrected chi connectivity index (χ0v) is 16.7. The largest absolute Gasteiger partial charge is 0.497 e. The fraction of sp³-hybridized carbons (Fsp3) is 0.235. The molecule has 2 aromatic carbocycles. The Balaban J connectivity index is 2.72. The van der Waals surface area contributed by atoms with Crippen LogP contribution in [0.3, 0.4) is 0 Å². The van der Waals surface area contributed by atoms with E-state index in [1.165, 1.54) is 51.5 Å². The first-order chi connectivity index (χ1) is 13.1. The first kappa shape index (κ1) is 21.5. The molecule has 0 saturated carbocycles. The molecule has 0 aliphatic rings. The van der Waals surface area contributed by atoms with Crippen molar-refractivity contribution in [2.45, 2.75) is 17.9 Å². The fourth-order valence-electron chi connectivity index (χ4n) is 2.48. The first-order valence-electron chi connectivity index (χ1n) is 7.83. The van der Waals surface area contributed by atoms with E-state index in [0.717, 1.165) is 16.4 Å². The van der Waals surface area contributed by atoms with E-state index >= 15 is 0 Å². The summed E-state index contributed by atoms with van der Waals surface area (Å²) in [4.78, 5) is 21.8. The van der Waals surface area contributed by atoms with Crippen molar-refractivity contribution in [1.29, 1.82) is 0 Å². The summed E-state index contributed by atoms with van der Waals surface area (Å²) >= 11 is 5.58. The van der Waals surface area contributed by atoms with Crippen molar-refractivity contribution < 1.29 is 27.6 Å². The molecule has 2 aromatic rings. The summed E-state index contributed by atoms with van der Waals surface area (Å²) < 4.78 is 37.7. The third kappa shape index (κ3) is 4.18. The number of carbonyl (C=O) groups is 1. The van der Waals surface area contributed by atoms with Crippen LogP contribution in [0.25, 0.3) is 0 Å². The summed E-state index contributed by atoms with van der Waals surface area (Å²) in [7, 11) is -1.65. The summed E-state index contributed by atoms with van der Waals surface area (Å²) in [6.45, 7) is 1.30. The van der Waals surface area contributed by atoms with Gasteiger partial charge < -0.3 is 9.47 Å². The molecular weight excluding hydrogens is 412 g/mol. The number of rotatable bonds is 8. The Bertz CT molecular complexity index is 1010. The van der Waals surface area contributed by atoms with Crippen molar-refractivity contribution >= 4 is 38.2 Å². The third-order valence-electron chi connectivity index (χ3n) is 3.89. The molecule has 9 nitrogen and oxygen atoms in total. The van der Waals surface area contributed by atoms with Crippen LogP contribution in [0.4, 0.5) is 11.4 Å². The van der Waals surface area contributed by atoms with Crippen molar-refractivity contribution in [3.05, 3.63) is 52.6 Å². The van der Waals surface area contributed by atoms with E-state index in [1.54, 1.807) is 0 Å². The minimum atomic E-state index is -4.40. The van der Waals surface area contributed by atoms with Crippen LogP contribution in [0.5, 0.6) is 11.5 Å². The van der Waals surface area contributed by atoms with E-state index in [0.29, 0.717) is 5.75 Å². The minimum absolute atomic E-state index is 0.0244. The molecule has 0 aliphatic heterocycles. The fourth-order valence-corrected chi connectivity index (χ4v) is 4.30. The number of nitro groups is 1. The molecule has 0 heterocycles. The smallest absolute Gasteiger partial charge is 0.270 e. The van der Waals surface area contributed by atoms with Gasteiger partial charge in [0.2, 0.25) is 5.24 Å². The van der Waals surface area contributed by atoms with Crippen LogP contribution in [-0.4, -0.2) is 38.8 Å². The van der Waals surface area contributed by atoms with Crippen LogP contribution in [0, 0.1) is 10.1 Å². The lowest BCUT2D eigenvalue weighted by Gasteiger charge is -2.29. The monoisotopic (exact) mass is 428 g/mol. The molecule has 1 atom stereocenters. The van der Waals surface area contributed by atoms with E-state index in [9.17, 15) is 23.3 Å². The SMILES string of the molecule is COc1ccc(N(C(C)C(=O)Cl)S(=O)(=O)c2cccc([N+](=O)[O-])c2)c(OC)c1. The number of nitrogens with zero attached hydrogens (tertiary/aromatic N) is 2. The van der Waals surface area contributed by atoms with Crippen molar-refractivity contribution in [2.75, 3.05) is 18.5 Å². The maximum atomic E-state index is 13.3. The van der Waals surface area contributed by atoms with Crippen molar-refractivity contribution in [2.24, 2.45) is 0 Å². The van der Waals surface area contributed by atoms with Gasteiger partial charge in [0.05, 0.1) is 29.7 Å². The number of nitro benzene ring substituents is 1. The standard InChI is InChI=1S/C17H17ClN2O7S/c1-11(17(18)21)19(15-8-7-13(26-2)10-16(15)27-3)28(24,25)14-6-4-5-12(9-14)20(22)23/h4-11H,1-3H3. The highest BCUT2D eigenvalue weighted by atomic mass is 35.5. The van der Waals surface area contributed by atoms with Gasteiger partial charge in [-0.1, -0.05) is 6.07 Å². The lowest BCUT2D eigenvalue weighted by atomic mass is 10.2. The van der Waals surface area contributed by atoms with Gasteiger partial charge in [-0.25, -0.2) is 8.42 Å². The molecule has 0 spiro atoms. The summed E-state index contributed by atoms with van der Waals surface area (Å²) in [5, 5.41) is 10.1. The zero-order valence-electron chi connectivity index (χ0n) is 15.2. The number of methoxy groups -OCH3 is 2. The molecule has 0 radical (unpaired) electrons. The normalized spacial score (nSPS) is 12.1. The second-order valence-corrected chi connectivity index (χ2v) is 7.76. The molecule has 0 amide bonds. The quantitative estimate of drug-likeness (QED) is 0.360. The Morgan fingerprint density at radius 2 is 1.86 bits per heavy atom. The Hall–Kier alpha value is -2.85. The highest BCUT2D eigenvalue weighted by Crippen LogP contribution is 2.37. The second kappa shape index (κ2) is 8.44. The molecule has 0 N–H and O–H groups in total. The molecule has 0 aromatic heterocycles. The van der Waals surface area contributed by atoms with E-state index in [-0.39, 0.29) is 16.3 Å². The van der Waals surface area contributed by atoms with Gasteiger partial charge in [-0.05, 0) is 36.7 Å². The Morgan fingerprint density at radius 3 is 2.39 bits per heavy atom. The van der Waals surface area contributed by atoms with E-state index in [2.05, 4.69) is 0 Å². The zero-order chi connectivity index (χ0) is 21.1. The van der Waals surface area contributed by atoms with Gasteiger partial charge in [0.1, 0.15) is 17.5 Å². The molecule has 0 saturated heterocycles. The van der Waals surface area contributed by atoms with Crippen LogP contribution in [-0.2, 0) is 14.8 Å². The van der Waals surface area contributed by atoms with Crippen molar-refractivity contribution in [3.8, 4) is 11.5 Å². The van der Waals surface area contributed by atoms with Gasteiger partial charge in [-0.3, -0.25) is 19.2 Å². The molecule has 0 fully saturated rings. The van der Waals surface area contributed by atoms with Crippen LogP contribution in [0.2, 0.25) is 0 Å². The predicted octanol–water partition coefficient (Wildman–Crippen LogP) is 2.96. The van der Waals surface area contributed by atoms with E-state index < -0.39 is 31.9 Å². The molecule has 11 heteroatoms. The average Bonchev–Trinajstić information content (AvgIpc) is 2.68. The number of carbonyl (C=O) groups excluding carboxylic acids is 1. The lowest BCUT2D eigenvalue weighted by Crippen LogP contribution is -2.42. The Labute approximate surface area is 166 Å². The average molecular weight is 429 g/mol. The Kier molecular flexibility index (Phi) is 6.47. The summed E-state index contributed by atoms with van der Waals surface area (Å²) in [5.74, 6) is 0.510. The van der Waals surface area contributed by atoms with Gasteiger partial charge in [0, 0.05) is 18.2 Å². The number of sulfonamides is 1. The number of ether oxygens (including phenoxy) is 2. The van der Waals surface area contributed by atoms with Crippen LogP contribution >= 0.6 is 11.6 Å². The number of anilines is 1. The summed E-state index contributed by atoms with van der Waals surface area (Å²) in [6, 6.07) is 7.50. The summed E-state index contributed by atoms with van der Waals surface area (Å²) in [5.41, 5.74) is -0.385. The predicted molar refractivity (Wildman–Crippen MR) is 103 cm³/mol. The second-order valence-electron chi connectivity index (χ2n) is 5.57. The molecular formula is C17H17ClN2O7S. The molecule has 1 unspecified atom stereocenters.